The summed E-state index contributed by atoms with van der Waals surface area (Å²) in [5.74, 6) is 0.806. The third-order valence-corrected chi connectivity index (χ3v) is 8.78. The molecular weight excluding hydrogens is 440 g/mol. The number of hydrogen-bond donors (Lipinski definition) is 2. The summed E-state index contributed by atoms with van der Waals surface area (Å²) in [5.41, 5.74) is 0.828. The highest BCUT2D eigenvalue weighted by Gasteiger charge is 2.65. The number of benzene rings is 2. The molecule has 8 heteroatoms. The zero-order valence-corrected chi connectivity index (χ0v) is 19.6. The van der Waals surface area contributed by atoms with Gasteiger partial charge in [-0.15, -0.1) is 0 Å². The first kappa shape index (κ1) is 22.2. The van der Waals surface area contributed by atoms with E-state index in [1.165, 1.54) is 25.0 Å². The lowest BCUT2D eigenvalue weighted by molar-refractivity contribution is -0.126. The van der Waals surface area contributed by atoms with Crippen molar-refractivity contribution in [3.8, 4) is 5.75 Å². The number of ether oxygens (including phenoxy) is 2. The molecule has 0 radical (unpaired) electrons. The van der Waals surface area contributed by atoms with Crippen molar-refractivity contribution >= 4 is 21.6 Å². The van der Waals surface area contributed by atoms with Crippen LogP contribution in [0.5, 0.6) is 5.75 Å². The van der Waals surface area contributed by atoms with Gasteiger partial charge in [0, 0.05) is 35.2 Å². The fourth-order valence-electron chi connectivity index (χ4n) is 5.93. The quantitative estimate of drug-likeness (QED) is 0.639. The summed E-state index contributed by atoms with van der Waals surface area (Å²) in [4.78, 5) is 13.2. The van der Waals surface area contributed by atoms with Crippen LogP contribution in [0.15, 0.2) is 53.4 Å². The molecule has 1 aliphatic heterocycles. The molecule has 3 fully saturated rings. The summed E-state index contributed by atoms with van der Waals surface area (Å²) >= 11 is 0. The molecule has 0 aromatic heterocycles. The second-order valence-corrected chi connectivity index (χ2v) is 10.9. The maximum atomic E-state index is 13.1. The molecule has 5 rings (SSSR count). The second kappa shape index (κ2) is 8.65. The normalized spacial score (nSPS) is 25.3. The van der Waals surface area contributed by atoms with E-state index in [2.05, 4.69) is 10.0 Å². The molecule has 3 aliphatic rings. The van der Waals surface area contributed by atoms with E-state index in [1.807, 2.05) is 6.92 Å². The lowest BCUT2D eigenvalue weighted by Crippen LogP contribution is -2.68. The fraction of sp³-hybridized carbons (Fsp3) is 0.480. The van der Waals surface area contributed by atoms with Gasteiger partial charge in [0.25, 0.3) is 15.9 Å². The smallest absolute Gasteiger partial charge is 0.261 e. The molecule has 1 saturated heterocycles. The highest BCUT2D eigenvalue weighted by molar-refractivity contribution is 7.92. The average molecular weight is 471 g/mol. The van der Waals surface area contributed by atoms with E-state index in [1.54, 1.807) is 36.4 Å². The number of rotatable bonds is 7. The van der Waals surface area contributed by atoms with E-state index in [0.717, 1.165) is 25.9 Å². The Bertz CT molecular complexity index is 1130. The molecule has 2 aromatic rings. The van der Waals surface area contributed by atoms with Gasteiger partial charge in [-0.1, -0.05) is 18.9 Å². The van der Waals surface area contributed by atoms with Gasteiger partial charge in [0.2, 0.25) is 0 Å². The summed E-state index contributed by atoms with van der Waals surface area (Å²) in [6.45, 7) is 3.18. The van der Waals surface area contributed by atoms with Crippen LogP contribution in [-0.2, 0) is 14.8 Å². The molecule has 176 valence electrons. The number of sulfonamides is 1. The number of carbonyl (C=O) groups excluding carboxylic acids is 1. The monoisotopic (exact) mass is 470 g/mol. The predicted octanol–water partition coefficient (Wildman–Crippen LogP) is 3.96. The van der Waals surface area contributed by atoms with Crippen LogP contribution in [-0.4, -0.2) is 39.7 Å². The highest BCUT2D eigenvalue weighted by atomic mass is 32.2. The number of fused-ring (bicyclic) bond motifs is 2. The Hall–Kier alpha value is -2.58. The molecule has 3 atom stereocenters. The number of hydrogen-bond acceptors (Lipinski definition) is 5. The number of carbonyl (C=O) groups is 1. The van der Waals surface area contributed by atoms with Gasteiger partial charge in [0.15, 0.2) is 0 Å². The maximum absolute atomic E-state index is 13.1. The van der Waals surface area contributed by atoms with Crippen LogP contribution in [0, 0.1) is 11.3 Å². The van der Waals surface area contributed by atoms with Crippen LogP contribution in [0.4, 0.5) is 5.69 Å². The molecule has 1 amide bonds. The number of anilines is 1. The van der Waals surface area contributed by atoms with Crippen molar-refractivity contribution in [1.29, 1.82) is 0 Å². The summed E-state index contributed by atoms with van der Waals surface area (Å²) in [6.07, 6.45) is 5.74. The van der Waals surface area contributed by atoms with E-state index in [-0.39, 0.29) is 28.4 Å². The lowest BCUT2D eigenvalue weighted by atomic mass is 9.54. The van der Waals surface area contributed by atoms with Gasteiger partial charge in [-0.3, -0.25) is 9.52 Å². The number of nitrogens with one attached hydrogen (secondary N) is 2. The molecule has 1 spiro atoms. The van der Waals surface area contributed by atoms with Gasteiger partial charge < -0.3 is 14.8 Å². The fourth-order valence-corrected chi connectivity index (χ4v) is 7.04. The first-order valence-electron chi connectivity index (χ1n) is 11.7. The van der Waals surface area contributed by atoms with Crippen LogP contribution >= 0.6 is 0 Å². The third kappa shape index (κ3) is 3.99. The molecule has 2 aliphatic carbocycles. The Morgan fingerprint density at radius 1 is 1.15 bits per heavy atom. The Kier molecular flexibility index (Phi) is 5.82. The first-order chi connectivity index (χ1) is 15.9. The van der Waals surface area contributed by atoms with Gasteiger partial charge in [0.05, 0.1) is 17.6 Å². The molecule has 2 aromatic carbocycles. The van der Waals surface area contributed by atoms with Crippen molar-refractivity contribution in [3.05, 3.63) is 54.1 Å². The van der Waals surface area contributed by atoms with Gasteiger partial charge in [0.1, 0.15) is 5.75 Å². The van der Waals surface area contributed by atoms with Crippen molar-refractivity contribution in [1.82, 2.24) is 5.32 Å². The Morgan fingerprint density at radius 3 is 2.64 bits per heavy atom. The van der Waals surface area contributed by atoms with Crippen LogP contribution in [0.25, 0.3) is 0 Å². The maximum Gasteiger partial charge on any atom is 0.261 e. The van der Waals surface area contributed by atoms with Crippen molar-refractivity contribution < 1.29 is 22.7 Å². The van der Waals surface area contributed by atoms with Crippen molar-refractivity contribution in [2.24, 2.45) is 11.3 Å². The Morgan fingerprint density at radius 2 is 1.91 bits per heavy atom. The molecule has 7 nitrogen and oxygen atoms in total. The molecule has 3 unspecified atom stereocenters. The van der Waals surface area contributed by atoms with Gasteiger partial charge in [-0.25, -0.2) is 8.42 Å². The highest BCUT2D eigenvalue weighted by Crippen LogP contribution is 2.60. The average Bonchev–Trinajstić information content (AvgIpc) is 3.48. The van der Waals surface area contributed by atoms with E-state index in [4.69, 9.17) is 9.47 Å². The van der Waals surface area contributed by atoms with Crippen molar-refractivity contribution in [2.75, 3.05) is 17.9 Å². The molecule has 33 heavy (non-hydrogen) atoms. The van der Waals surface area contributed by atoms with E-state index in [9.17, 15) is 13.2 Å². The zero-order chi connectivity index (χ0) is 23.1. The largest absolute Gasteiger partial charge is 0.494 e. The summed E-state index contributed by atoms with van der Waals surface area (Å²) in [7, 11) is -3.84. The van der Waals surface area contributed by atoms with Crippen molar-refractivity contribution in [2.45, 2.75) is 56.1 Å². The minimum Gasteiger partial charge on any atom is -0.494 e. The van der Waals surface area contributed by atoms with E-state index >= 15 is 0 Å². The predicted molar refractivity (Wildman–Crippen MR) is 125 cm³/mol. The SMILES string of the molecule is CCOc1ccc(NS(=O)(=O)c2cccc(C(=O)NC3C4CCOC4C34CCCC4)c2)cc1. The summed E-state index contributed by atoms with van der Waals surface area (Å²) < 4.78 is 39.8. The van der Waals surface area contributed by atoms with Gasteiger partial charge in [-0.2, -0.15) is 0 Å². The molecule has 2 saturated carbocycles. The molecule has 1 heterocycles. The second-order valence-electron chi connectivity index (χ2n) is 9.23. The Balaban J connectivity index is 1.30. The van der Waals surface area contributed by atoms with Gasteiger partial charge in [-0.05, 0) is 68.7 Å². The molecule has 2 N–H and O–H groups in total. The van der Waals surface area contributed by atoms with E-state index in [0.29, 0.717) is 29.5 Å². The first-order valence-corrected chi connectivity index (χ1v) is 13.2. The van der Waals surface area contributed by atoms with Crippen LogP contribution in [0.1, 0.15) is 49.4 Å². The minimum atomic E-state index is -3.84. The van der Waals surface area contributed by atoms with Crippen molar-refractivity contribution in [3.63, 3.8) is 0 Å². The standard InChI is InChI=1S/C25H30N2O5S/c1-2-31-19-10-8-18(9-11-19)27-33(29,30)20-7-5-6-17(16-20)24(28)26-22-21-12-15-32-23(21)25(22)13-3-4-14-25/h5-11,16,21-23,27H,2-4,12-15H2,1H3,(H,26,28). The molecule has 0 bridgehead atoms. The lowest BCUT2D eigenvalue weighted by Gasteiger charge is -2.56. The van der Waals surface area contributed by atoms with Crippen LogP contribution in [0.2, 0.25) is 0 Å². The third-order valence-electron chi connectivity index (χ3n) is 7.40. The minimum absolute atomic E-state index is 0.0512. The van der Waals surface area contributed by atoms with Gasteiger partial charge >= 0.3 is 0 Å². The van der Waals surface area contributed by atoms with E-state index < -0.39 is 10.0 Å². The van der Waals surface area contributed by atoms with Crippen LogP contribution in [0.3, 0.4) is 0 Å². The molecular formula is C25H30N2O5S. The summed E-state index contributed by atoms with van der Waals surface area (Å²) in [5, 5.41) is 3.24. The Labute approximate surface area is 194 Å². The number of amides is 1. The summed E-state index contributed by atoms with van der Waals surface area (Å²) in [6, 6.07) is 13.0. The van der Waals surface area contributed by atoms with Crippen LogP contribution < -0.4 is 14.8 Å². The zero-order valence-electron chi connectivity index (χ0n) is 18.8. The topological polar surface area (TPSA) is 93.7 Å².